The molecule has 1 aliphatic heterocycles. The molecule has 1 atom stereocenters. The standard InChI is InChI=1S/C10H16O4/c1-12-9(11)7-8-3-2-4-10(8)13-5-6-14-10/h8H,2-7H2,1H3. The van der Waals surface area contributed by atoms with E-state index < -0.39 is 5.79 Å². The van der Waals surface area contributed by atoms with Gasteiger partial charge in [-0.15, -0.1) is 0 Å². The SMILES string of the molecule is COC(=O)CC1CCCC12OCCO2. The molecule has 80 valence electrons. The molecule has 0 aromatic carbocycles. The van der Waals surface area contributed by atoms with E-state index >= 15 is 0 Å². The van der Waals surface area contributed by atoms with Crippen LogP contribution >= 0.6 is 0 Å². The predicted molar refractivity (Wildman–Crippen MR) is 48.6 cm³/mol. The summed E-state index contributed by atoms with van der Waals surface area (Å²) in [7, 11) is 1.42. The van der Waals surface area contributed by atoms with Crippen LogP contribution in [0.15, 0.2) is 0 Å². The third kappa shape index (κ3) is 1.64. The van der Waals surface area contributed by atoms with E-state index in [2.05, 4.69) is 4.74 Å². The Balaban J connectivity index is 1.99. The first-order chi connectivity index (χ1) is 6.77. The Hall–Kier alpha value is -0.610. The highest BCUT2D eigenvalue weighted by Crippen LogP contribution is 2.43. The van der Waals surface area contributed by atoms with Gasteiger partial charge in [0.2, 0.25) is 0 Å². The van der Waals surface area contributed by atoms with E-state index in [-0.39, 0.29) is 11.9 Å². The molecular formula is C10H16O4. The Kier molecular flexibility index (Phi) is 2.74. The lowest BCUT2D eigenvalue weighted by Gasteiger charge is -2.28. The van der Waals surface area contributed by atoms with Crippen LogP contribution in [0.2, 0.25) is 0 Å². The van der Waals surface area contributed by atoms with Gasteiger partial charge < -0.3 is 14.2 Å². The summed E-state index contributed by atoms with van der Waals surface area (Å²) in [6.07, 6.45) is 3.39. The van der Waals surface area contributed by atoms with Crippen LogP contribution in [-0.2, 0) is 19.0 Å². The summed E-state index contributed by atoms with van der Waals surface area (Å²) < 4.78 is 15.9. The van der Waals surface area contributed by atoms with Crippen molar-refractivity contribution in [1.29, 1.82) is 0 Å². The number of rotatable bonds is 2. The summed E-state index contributed by atoms with van der Waals surface area (Å²) in [5.41, 5.74) is 0. The largest absolute Gasteiger partial charge is 0.469 e. The molecule has 2 rings (SSSR count). The summed E-state index contributed by atoms with van der Waals surface area (Å²) in [6.45, 7) is 1.30. The third-order valence-corrected chi connectivity index (χ3v) is 3.12. The van der Waals surface area contributed by atoms with Crippen molar-refractivity contribution < 1.29 is 19.0 Å². The van der Waals surface area contributed by atoms with Gasteiger partial charge in [-0.2, -0.15) is 0 Å². The van der Waals surface area contributed by atoms with Crippen molar-refractivity contribution in [3.05, 3.63) is 0 Å². The molecule has 1 saturated carbocycles. The molecule has 0 aromatic rings. The van der Waals surface area contributed by atoms with Crippen LogP contribution in [0, 0.1) is 5.92 Å². The molecule has 1 unspecified atom stereocenters. The molecule has 0 bridgehead atoms. The number of hydrogen-bond donors (Lipinski definition) is 0. The number of methoxy groups -OCH3 is 1. The second-order valence-corrected chi connectivity index (χ2v) is 3.88. The molecule has 2 aliphatic rings. The summed E-state index contributed by atoms with van der Waals surface area (Å²) in [5.74, 6) is -0.457. The highest BCUT2D eigenvalue weighted by Gasteiger charge is 2.48. The average molecular weight is 200 g/mol. The summed E-state index contributed by atoms with van der Waals surface area (Å²) >= 11 is 0. The minimum absolute atomic E-state index is 0.171. The first-order valence-electron chi connectivity index (χ1n) is 5.11. The van der Waals surface area contributed by atoms with Crippen LogP contribution in [0.4, 0.5) is 0 Å². The number of esters is 1. The molecule has 1 heterocycles. The molecule has 1 saturated heterocycles. The smallest absolute Gasteiger partial charge is 0.305 e. The molecule has 2 fully saturated rings. The fraction of sp³-hybridized carbons (Fsp3) is 0.900. The van der Waals surface area contributed by atoms with E-state index in [0.29, 0.717) is 19.6 Å². The molecule has 4 heteroatoms. The van der Waals surface area contributed by atoms with Gasteiger partial charge in [0.05, 0.1) is 26.7 Å². The van der Waals surface area contributed by atoms with Gasteiger partial charge >= 0.3 is 5.97 Å². The highest BCUT2D eigenvalue weighted by atomic mass is 16.7. The summed E-state index contributed by atoms with van der Waals surface area (Å²) in [6, 6.07) is 0. The molecule has 14 heavy (non-hydrogen) atoms. The maximum atomic E-state index is 11.2. The molecule has 0 aromatic heterocycles. The van der Waals surface area contributed by atoms with Gasteiger partial charge in [-0.3, -0.25) is 4.79 Å². The van der Waals surface area contributed by atoms with Gasteiger partial charge in [0.25, 0.3) is 0 Å². The average Bonchev–Trinajstić information content (AvgIpc) is 2.79. The van der Waals surface area contributed by atoms with Crippen molar-refractivity contribution >= 4 is 5.97 Å². The molecule has 4 nitrogen and oxygen atoms in total. The van der Waals surface area contributed by atoms with E-state index in [0.717, 1.165) is 19.3 Å². The second-order valence-electron chi connectivity index (χ2n) is 3.88. The minimum atomic E-state index is -0.464. The zero-order chi connectivity index (χ0) is 10.0. The Morgan fingerprint density at radius 1 is 1.50 bits per heavy atom. The Morgan fingerprint density at radius 3 is 2.86 bits per heavy atom. The zero-order valence-electron chi connectivity index (χ0n) is 8.45. The van der Waals surface area contributed by atoms with Crippen molar-refractivity contribution in [2.45, 2.75) is 31.5 Å². The maximum absolute atomic E-state index is 11.2. The van der Waals surface area contributed by atoms with E-state index in [1.54, 1.807) is 0 Å². The van der Waals surface area contributed by atoms with Crippen LogP contribution in [-0.4, -0.2) is 32.1 Å². The number of carbonyl (C=O) groups excluding carboxylic acids is 1. The van der Waals surface area contributed by atoms with Crippen molar-refractivity contribution in [1.82, 2.24) is 0 Å². The van der Waals surface area contributed by atoms with E-state index in [9.17, 15) is 4.79 Å². The number of hydrogen-bond acceptors (Lipinski definition) is 4. The maximum Gasteiger partial charge on any atom is 0.305 e. The van der Waals surface area contributed by atoms with Crippen LogP contribution < -0.4 is 0 Å². The lowest BCUT2D eigenvalue weighted by molar-refractivity contribution is -0.187. The lowest BCUT2D eigenvalue weighted by atomic mass is 9.98. The van der Waals surface area contributed by atoms with Gasteiger partial charge in [-0.1, -0.05) is 0 Å². The van der Waals surface area contributed by atoms with Gasteiger partial charge in [-0.05, 0) is 12.8 Å². The van der Waals surface area contributed by atoms with Crippen molar-refractivity contribution in [3.63, 3.8) is 0 Å². The van der Waals surface area contributed by atoms with Gasteiger partial charge in [0.1, 0.15) is 0 Å². The molecular weight excluding hydrogens is 184 g/mol. The molecule has 0 radical (unpaired) electrons. The first kappa shape index (κ1) is 9.93. The molecule has 1 aliphatic carbocycles. The quantitative estimate of drug-likeness (QED) is 0.626. The monoisotopic (exact) mass is 200 g/mol. The molecule has 0 N–H and O–H groups in total. The van der Waals surface area contributed by atoms with Gasteiger partial charge in [-0.25, -0.2) is 0 Å². The zero-order valence-corrected chi connectivity index (χ0v) is 8.45. The van der Waals surface area contributed by atoms with Gasteiger partial charge in [0.15, 0.2) is 5.79 Å². The van der Waals surface area contributed by atoms with E-state index in [1.165, 1.54) is 7.11 Å². The Morgan fingerprint density at radius 2 is 2.21 bits per heavy atom. The summed E-state index contributed by atoms with van der Waals surface area (Å²) in [4.78, 5) is 11.2. The lowest BCUT2D eigenvalue weighted by Crippen LogP contribution is -2.35. The van der Waals surface area contributed by atoms with E-state index in [4.69, 9.17) is 9.47 Å². The highest BCUT2D eigenvalue weighted by molar-refractivity contribution is 5.69. The third-order valence-electron chi connectivity index (χ3n) is 3.12. The summed E-state index contributed by atoms with van der Waals surface area (Å²) in [5, 5.41) is 0. The fourth-order valence-corrected chi connectivity index (χ4v) is 2.41. The Labute approximate surface area is 83.5 Å². The van der Waals surface area contributed by atoms with E-state index in [1.807, 2.05) is 0 Å². The van der Waals surface area contributed by atoms with Crippen molar-refractivity contribution in [3.8, 4) is 0 Å². The van der Waals surface area contributed by atoms with Crippen LogP contribution in [0.3, 0.4) is 0 Å². The van der Waals surface area contributed by atoms with Crippen molar-refractivity contribution in [2.24, 2.45) is 5.92 Å². The normalized spacial score (nSPS) is 29.6. The Bertz CT molecular complexity index is 215. The van der Waals surface area contributed by atoms with Crippen molar-refractivity contribution in [2.75, 3.05) is 20.3 Å². The van der Waals surface area contributed by atoms with Crippen LogP contribution in [0.1, 0.15) is 25.7 Å². The fourth-order valence-electron chi connectivity index (χ4n) is 2.41. The second kappa shape index (κ2) is 3.87. The molecule has 0 amide bonds. The topological polar surface area (TPSA) is 44.8 Å². The first-order valence-corrected chi connectivity index (χ1v) is 5.11. The van der Waals surface area contributed by atoms with Gasteiger partial charge in [0, 0.05) is 12.3 Å². The number of carbonyl (C=O) groups is 1. The minimum Gasteiger partial charge on any atom is -0.469 e. The number of ether oxygens (including phenoxy) is 3. The molecule has 1 spiro atoms. The van der Waals surface area contributed by atoms with Crippen LogP contribution in [0.5, 0.6) is 0 Å². The predicted octanol–water partition coefficient (Wildman–Crippen LogP) is 1.09. The van der Waals surface area contributed by atoms with Crippen LogP contribution in [0.25, 0.3) is 0 Å².